The molecular formula is C20H36N6O3. The highest BCUT2D eigenvalue weighted by Gasteiger charge is 2.26. The number of primary amides is 1. The molecule has 0 radical (unpaired) electrons. The van der Waals surface area contributed by atoms with Crippen molar-refractivity contribution in [1.82, 2.24) is 16.1 Å². The van der Waals surface area contributed by atoms with Crippen molar-refractivity contribution in [3.8, 4) is 5.75 Å². The van der Waals surface area contributed by atoms with Crippen LogP contribution >= 0.6 is 0 Å². The van der Waals surface area contributed by atoms with Crippen molar-refractivity contribution in [3.05, 3.63) is 29.8 Å². The Labute approximate surface area is 172 Å². The van der Waals surface area contributed by atoms with Crippen molar-refractivity contribution < 1.29 is 14.7 Å². The fraction of sp³-hybridized carbons (Fsp3) is 0.600. The number of carbonyl (C=O) groups excluding carboxylic acids is 2. The second-order valence-electron chi connectivity index (χ2n) is 7.71. The van der Waals surface area contributed by atoms with Crippen LogP contribution in [0.5, 0.6) is 5.75 Å². The van der Waals surface area contributed by atoms with E-state index in [1.54, 1.807) is 12.1 Å². The SMILES string of the molecule is CCC(C)C(C)(N)NCCCC(NN)C(=O)NC(Cc1ccc(O)cc1)C(N)=O. The molecule has 0 aliphatic rings. The van der Waals surface area contributed by atoms with Gasteiger partial charge in [-0.25, -0.2) is 5.43 Å². The standard InChI is InChI=1S/C20H36N6O3/c1-4-13(2)20(3,22)24-11-5-6-16(26-23)19(29)25-17(18(21)28)12-14-7-9-15(27)10-8-14/h7-10,13,16-17,24,26-27H,4-6,11-12,22-23H2,1-3H3,(H2,21,28)(H,25,29). The first-order valence-electron chi connectivity index (χ1n) is 9.98. The zero-order valence-corrected chi connectivity index (χ0v) is 17.6. The van der Waals surface area contributed by atoms with Crippen molar-refractivity contribution in [1.29, 1.82) is 0 Å². The molecule has 0 aliphatic carbocycles. The van der Waals surface area contributed by atoms with Gasteiger partial charge in [0.25, 0.3) is 0 Å². The van der Waals surface area contributed by atoms with E-state index >= 15 is 0 Å². The van der Waals surface area contributed by atoms with Gasteiger partial charge in [-0.3, -0.25) is 20.7 Å². The summed E-state index contributed by atoms with van der Waals surface area (Å²) in [6, 6.07) is 4.82. The third-order valence-corrected chi connectivity index (χ3v) is 5.37. The van der Waals surface area contributed by atoms with Crippen LogP contribution in [0.4, 0.5) is 0 Å². The van der Waals surface area contributed by atoms with Gasteiger partial charge in [-0.2, -0.15) is 0 Å². The minimum atomic E-state index is -0.876. The monoisotopic (exact) mass is 408 g/mol. The van der Waals surface area contributed by atoms with Gasteiger partial charge in [-0.05, 0) is 49.9 Å². The number of phenolic OH excluding ortho intramolecular Hbond substituents is 1. The lowest BCUT2D eigenvalue weighted by Gasteiger charge is -2.32. The van der Waals surface area contributed by atoms with Gasteiger partial charge in [0.2, 0.25) is 11.8 Å². The Hall–Kier alpha value is -2.20. The van der Waals surface area contributed by atoms with Crippen molar-refractivity contribution in [3.63, 3.8) is 0 Å². The molecule has 9 nitrogen and oxygen atoms in total. The molecule has 0 aromatic heterocycles. The summed E-state index contributed by atoms with van der Waals surface area (Å²) in [5.41, 5.74) is 14.5. The molecule has 0 aliphatic heterocycles. The van der Waals surface area contributed by atoms with Crippen LogP contribution in [0.2, 0.25) is 0 Å². The molecule has 0 spiro atoms. The molecule has 0 saturated heterocycles. The van der Waals surface area contributed by atoms with Crippen LogP contribution < -0.4 is 33.4 Å². The summed E-state index contributed by atoms with van der Waals surface area (Å²) in [7, 11) is 0. The second kappa shape index (κ2) is 11.7. The number of phenols is 1. The van der Waals surface area contributed by atoms with Gasteiger partial charge in [0.15, 0.2) is 0 Å². The lowest BCUT2D eigenvalue weighted by Crippen LogP contribution is -2.56. The summed E-state index contributed by atoms with van der Waals surface area (Å²) in [5, 5.41) is 15.3. The number of hydrogen-bond donors (Lipinski definition) is 7. The molecule has 0 heterocycles. The van der Waals surface area contributed by atoms with E-state index in [0.717, 1.165) is 12.0 Å². The summed E-state index contributed by atoms with van der Waals surface area (Å²) in [5.74, 6) is 4.93. The van der Waals surface area contributed by atoms with E-state index in [0.29, 0.717) is 25.3 Å². The number of hydrazine groups is 1. The van der Waals surface area contributed by atoms with Crippen LogP contribution in [0.25, 0.3) is 0 Å². The Balaban J connectivity index is 2.56. The highest BCUT2D eigenvalue weighted by atomic mass is 16.3. The second-order valence-corrected chi connectivity index (χ2v) is 7.71. The molecule has 4 atom stereocenters. The van der Waals surface area contributed by atoms with Gasteiger partial charge in [-0.15, -0.1) is 0 Å². The van der Waals surface area contributed by atoms with Crippen LogP contribution in [0.15, 0.2) is 24.3 Å². The molecular weight excluding hydrogens is 372 g/mol. The van der Waals surface area contributed by atoms with Crippen LogP contribution in [0, 0.1) is 5.92 Å². The fourth-order valence-electron chi connectivity index (χ4n) is 2.92. The van der Waals surface area contributed by atoms with Crippen LogP contribution in [0.3, 0.4) is 0 Å². The van der Waals surface area contributed by atoms with Crippen molar-refractivity contribution in [2.75, 3.05) is 6.54 Å². The van der Waals surface area contributed by atoms with Crippen LogP contribution in [-0.2, 0) is 16.0 Å². The van der Waals surface area contributed by atoms with E-state index in [4.69, 9.17) is 17.3 Å². The Morgan fingerprint density at radius 2 is 1.83 bits per heavy atom. The Morgan fingerprint density at radius 3 is 2.34 bits per heavy atom. The van der Waals surface area contributed by atoms with E-state index in [1.807, 2.05) is 6.92 Å². The summed E-state index contributed by atoms with van der Waals surface area (Å²) in [4.78, 5) is 24.3. The highest BCUT2D eigenvalue weighted by Crippen LogP contribution is 2.14. The summed E-state index contributed by atoms with van der Waals surface area (Å²) in [6.07, 6.45) is 2.33. The maximum absolute atomic E-state index is 12.5. The lowest BCUT2D eigenvalue weighted by molar-refractivity contribution is -0.128. The summed E-state index contributed by atoms with van der Waals surface area (Å²) < 4.78 is 0. The predicted octanol–water partition coefficient (Wildman–Crippen LogP) is -0.172. The summed E-state index contributed by atoms with van der Waals surface area (Å²) in [6.45, 7) is 6.76. The zero-order valence-electron chi connectivity index (χ0n) is 17.6. The van der Waals surface area contributed by atoms with E-state index < -0.39 is 29.6 Å². The van der Waals surface area contributed by atoms with E-state index in [1.165, 1.54) is 12.1 Å². The Bertz CT molecular complexity index is 650. The molecule has 0 fully saturated rings. The normalized spacial score (nSPS) is 16.4. The number of hydrogen-bond acceptors (Lipinski definition) is 7. The van der Waals surface area contributed by atoms with E-state index in [-0.39, 0.29) is 12.2 Å². The number of aromatic hydroxyl groups is 1. The predicted molar refractivity (Wildman–Crippen MR) is 113 cm³/mol. The third-order valence-electron chi connectivity index (χ3n) is 5.37. The molecule has 0 bridgehead atoms. The smallest absolute Gasteiger partial charge is 0.240 e. The van der Waals surface area contributed by atoms with Gasteiger partial charge < -0.3 is 21.9 Å². The first-order chi connectivity index (χ1) is 13.6. The number of amides is 2. The average molecular weight is 409 g/mol. The quantitative estimate of drug-likeness (QED) is 0.103. The fourth-order valence-corrected chi connectivity index (χ4v) is 2.92. The zero-order chi connectivity index (χ0) is 22.0. The first kappa shape index (κ1) is 24.8. The average Bonchev–Trinajstić information content (AvgIpc) is 2.68. The van der Waals surface area contributed by atoms with E-state index in [2.05, 4.69) is 29.9 Å². The van der Waals surface area contributed by atoms with Gasteiger partial charge in [-0.1, -0.05) is 32.4 Å². The number of nitrogens with one attached hydrogen (secondary N) is 3. The van der Waals surface area contributed by atoms with Gasteiger partial charge in [0, 0.05) is 6.42 Å². The lowest BCUT2D eigenvalue weighted by atomic mass is 9.94. The molecule has 2 amide bonds. The molecule has 9 heteroatoms. The molecule has 1 rings (SSSR count). The molecule has 29 heavy (non-hydrogen) atoms. The van der Waals surface area contributed by atoms with Crippen molar-refractivity contribution >= 4 is 11.8 Å². The Kier molecular flexibility index (Phi) is 10.0. The molecule has 0 saturated carbocycles. The van der Waals surface area contributed by atoms with Gasteiger partial charge >= 0.3 is 0 Å². The third kappa shape index (κ3) is 8.36. The molecule has 4 unspecified atom stereocenters. The number of rotatable bonds is 13. The molecule has 164 valence electrons. The maximum Gasteiger partial charge on any atom is 0.240 e. The van der Waals surface area contributed by atoms with Gasteiger partial charge in [0.05, 0.1) is 11.7 Å². The maximum atomic E-state index is 12.5. The minimum Gasteiger partial charge on any atom is -0.508 e. The minimum absolute atomic E-state index is 0.122. The Morgan fingerprint density at radius 1 is 1.21 bits per heavy atom. The van der Waals surface area contributed by atoms with Gasteiger partial charge in [0.1, 0.15) is 11.8 Å². The topological polar surface area (TPSA) is 169 Å². The van der Waals surface area contributed by atoms with Crippen molar-refractivity contribution in [2.24, 2.45) is 23.2 Å². The van der Waals surface area contributed by atoms with Crippen LogP contribution in [-0.4, -0.2) is 41.2 Å². The molecule has 1 aromatic rings. The van der Waals surface area contributed by atoms with Crippen molar-refractivity contribution in [2.45, 2.75) is 64.2 Å². The first-order valence-corrected chi connectivity index (χ1v) is 9.98. The number of carbonyl (C=O) groups is 2. The number of benzene rings is 1. The van der Waals surface area contributed by atoms with E-state index in [9.17, 15) is 14.7 Å². The molecule has 10 N–H and O–H groups in total. The summed E-state index contributed by atoms with van der Waals surface area (Å²) >= 11 is 0. The largest absolute Gasteiger partial charge is 0.508 e. The highest BCUT2D eigenvalue weighted by molar-refractivity contribution is 5.89. The molecule has 1 aromatic carbocycles. The number of nitrogens with two attached hydrogens (primary N) is 3. The van der Waals surface area contributed by atoms with Crippen LogP contribution in [0.1, 0.15) is 45.6 Å².